The van der Waals surface area contributed by atoms with Gasteiger partial charge in [0.2, 0.25) is 0 Å². The number of rotatable bonds is 5. The fraction of sp³-hybridized carbons (Fsp3) is 0.208. The molecule has 0 aliphatic heterocycles. The van der Waals surface area contributed by atoms with Crippen molar-refractivity contribution in [2.24, 2.45) is 0 Å². The lowest BCUT2D eigenvalue weighted by Crippen LogP contribution is -2.19. The van der Waals surface area contributed by atoms with Gasteiger partial charge in [-0.2, -0.15) is 14.9 Å². The number of aryl methyl sites for hydroxylation is 17. The van der Waals surface area contributed by atoms with Crippen molar-refractivity contribution in [1.29, 1.82) is 0 Å². The standard InChI is InChI=1S/C18H17N.C14H13N.C14H12O.C12H12S.C11H12N2.C10H11N3.C6H7F3N2.C6H8S.C5H6F3N3/c1-14-13-18(16-9-5-3-6-10-16)19(15(14)2)17-11-7-4-8-12-17;2*1-9-3-5-13-11(7-9)12-8-10(2)4-6-14(12)15-13;1-9-8-12(13-10(9)2)11-6-4-3-5-7-11;1-9-8-10(2)13(12-9)11-6-4-3-5-7-11;1-8-11-12-9(2)13(8)10-6-4-3-5-7-10;1-4-3-5(2)11(10-4)6(7,8)9;1-5-3-4-6(2)7-5;1-3-9-10-4(2)11(3)5(6,7)8/h3-13H,1-2H3;3-8,15H,1-2H3;3-8H,1-2H3;2*3-8H,1-2H3;3-7H,1-2H3;3H,1-2H3;3-4H,1-2H3;1-2H3. The Morgan fingerprint density at radius 2 is 0.744 bits per heavy atom. The molecule has 13 nitrogen and oxygen atoms in total. The van der Waals surface area contributed by atoms with E-state index in [4.69, 9.17) is 4.42 Å². The Morgan fingerprint density at radius 3 is 1.12 bits per heavy atom. The summed E-state index contributed by atoms with van der Waals surface area (Å²) in [6.45, 7) is 34.8. The van der Waals surface area contributed by atoms with Gasteiger partial charge in [0.1, 0.15) is 34.5 Å². The van der Waals surface area contributed by atoms with Crippen LogP contribution in [0, 0.1) is 125 Å². The molecule has 0 amide bonds. The topological polar surface area (TPSA) is 131 Å². The molecule has 0 saturated carbocycles. The molecule has 0 fully saturated rings. The number of nitrogens with one attached hydrogen (secondary N) is 1. The summed E-state index contributed by atoms with van der Waals surface area (Å²) in [6.07, 6.45) is -8.80. The Labute approximate surface area is 688 Å². The van der Waals surface area contributed by atoms with E-state index in [0.717, 1.165) is 39.9 Å². The molecule has 9 heterocycles. The zero-order valence-electron chi connectivity index (χ0n) is 69.2. The molecule has 9 aromatic heterocycles. The molecule has 18 aromatic rings. The van der Waals surface area contributed by atoms with Crippen molar-refractivity contribution >= 4 is 66.4 Å². The van der Waals surface area contributed by atoms with E-state index in [1.807, 2.05) is 113 Å². The van der Waals surface area contributed by atoms with Crippen molar-refractivity contribution in [2.45, 2.75) is 137 Å². The highest BCUT2D eigenvalue weighted by molar-refractivity contribution is 7.15. The fourth-order valence-corrected chi connectivity index (χ4v) is 14.9. The van der Waals surface area contributed by atoms with Gasteiger partial charge in [-0.05, 0) is 268 Å². The fourth-order valence-electron chi connectivity index (χ4n) is 13.1. The highest BCUT2D eigenvalue weighted by atomic mass is 32.1. The molecule has 0 aliphatic carbocycles. The van der Waals surface area contributed by atoms with Gasteiger partial charge in [0.05, 0.1) is 22.8 Å². The number of hydrogen-bond donors (Lipinski definition) is 1. The SMILES string of the molecule is Cc1cc(-c2ccccc2)n(-c2ccccc2)c1C.Cc1cc(-c2ccccc2)sc1C.Cc1cc(C)n(-c2ccccc2)n1.Cc1cc(C)n(C(F)(F)F)n1.Cc1ccc(C)s1.Cc1ccc2[nH]c3ccc(C)cc3c2c1.Cc1ccc2oc3ccc(C)cc3c2c1.Cc1nnc(C)n1-c1ccccc1.Cc1nnc(C)n1C(F)(F)F. The lowest BCUT2D eigenvalue weighted by molar-refractivity contribution is -0.213. The number of aromatic nitrogens is 12. The first kappa shape index (κ1) is 86.9. The number of thiophene rings is 2. The molecule has 0 aliphatic rings. The number of alkyl halides is 6. The number of fused-ring (bicyclic) bond motifs is 6. The molecule has 1 N–H and O–H groups in total. The number of benzene rings is 9. The van der Waals surface area contributed by atoms with E-state index in [0.29, 0.717) is 5.69 Å². The van der Waals surface area contributed by atoms with Crippen molar-refractivity contribution in [1.82, 2.24) is 58.6 Å². The Balaban J connectivity index is 0.000000140. The van der Waals surface area contributed by atoms with Crippen LogP contribution in [0.1, 0.15) is 99.8 Å². The summed E-state index contributed by atoms with van der Waals surface area (Å²) in [7, 11) is 0. The number of H-pyrrole nitrogens is 1. The van der Waals surface area contributed by atoms with Gasteiger partial charge in [-0.15, -0.1) is 69.4 Å². The lowest BCUT2D eigenvalue weighted by atomic mass is 10.1. The number of hydrogen-bond acceptors (Lipinski definition) is 9. The van der Waals surface area contributed by atoms with Crippen LogP contribution >= 0.6 is 22.7 Å². The number of halogens is 6. The van der Waals surface area contributed by atoms with Gasteiger partial charge < -0.3 is 14.0 Å². The highest BCUT2D eigenvalue weighted by Gasteiger charge is 2.35. The summed E-state index contributed by atoms with van der Waals surface area (Å²) in [5.74, 6) is 1.55. The van der Waals surface area contributed by atoms with Crippen LogP contribution in [0.3, 0.4) is 0 Å². The summed E-state index contributed by atoms with van der Waals surface area (Å²) >= 11 is 3.71. The van der Waals surface area contributed by atoms with E-state index in [9.17, 15) is 26.3 Å². The molecular weight excluding hydrogens is 1520 g/mol. The third-order valence-corrected chi connectivity index (χ3v) is 21.0. The summed E-state index contributed by atoms with van der Waals surface area (Å²) < 4.78 is 84.2. The quantitative estimate of drug-likeness (QED) is 0.170. The highest BCUT2D eigenvalue weighted by Crippen LogP contribution is 2.34. The van der Waals surface area contributed by atoms with Crippen LogP contribution < -0.4 is 0 Å². The van der Waals surface area contributed by atoms with Gasteiger partial charge in [0.25, 0.3) is 0 Å². The molecule has 0 saturated heterocycles. The van der Waals surface area contributed by atoms with E-state index >= 15 is 0 Å². The molecule has 0 radical (unpaired) electrons. The van der Waals surface area contributed by atoms with Crippen molar-refractivity contribution in [3.8, 4) is 38.8 Å². The van der Waals surface area contributed by atoms with Crippen LogP contribution in [0.25, 0.3) is 82.5 Å². The van der Waals surface area contributed by atoms with Crippen molar-refractivity contribution in [2.75, 3.05) is 0 Å². The molecule has 117 heavy (non-hydrogen) atoms. The maximum absolute atomic E-state index is 12.0. The van der Waals surface area contributed by atoms with Crippen molar-refractivity contribution < 1.29 is 30.8 Å². The average molecular weight is 1610 g/mol. The number of aromatic amines is 1. The minimum absolute atomic E-state index is 0.0579. The Morgan fingerprint density at radius 1 is 0.342 bits per heavy atom. The summed E-state index contributed by atoms with van der Waals surface area (Å²) in [5.41, 5.74) is 23.5. The van der Waals surface area contributed by atoms with Gasteiger partial charge in [-0.1, -0.05) is 162 Å². The second-order valence-electron chi connectivity index (χ2n) is 28.6. The van der Waals surface area contributed by atoms with Gasteiger partial charge in [-0.3, -0.25) is 4.57 Å². The van der Waals surface area contributed by atoms with Crippen LogP contribution in [0.15, 0.2) is 265 Å². The second kappa shape index (κ2) is 39.3. The van der Waals surface area contributed by atoms with Crippen LogP contribution in [-0.2, 0) is 12.6 Å². The molecule has 0 bridgehead atoms. The number of furan rings is 1. The molecule has 18 rings (SSSR count). The zero-order chi connectivity index (χ0) is 84.4. The third kappa shape index (κ3) is 23.2. The van der Waals surface area contributed by atoms with E-state index in [1.165, 1.54) is 153 Å². The summed E-state index contributed by atoms with van der Waals surface area (Å²) in [5, 5.41) is 27.3. The third-order valence-electron chi connectivity index (χ3n) is 18.9. The predicted octanol–water partition coefficient (Wildman–Crippen LogP) is 27.0. The van der Waals surface area contributed by atoms with E-state index in [1.54, 1.807) is 0 Å². The Kier molecular flexibility index (Phi) is 29.2. The first-order valence-electron chi connectivity index (χ1n) is 38.1. The van der Waals surface area contributed by atoms with Crippen LogP contribution in [0.5, 0.6) is 0 Å². The van der Waals surface area contributed by atoms with Gasteiger partial charge >= 0.3 is 12.6 Å². The largest absolute Gasteiger partial charge is 0.504 e. The zero-order valence-corrected chi connectivity index (χ0v) is 70.9. The first-order chi connectivity index (χ1) is 55.7. The van der Waals surface area contributed by atoms with E-state index in [2.05, 4.69) is 310 Å². The molecule has 21 heteroatoms. The predicted molar refractivity (Wildman–Crippen MR) is 470 cm³/mol. The molecule has 9 aromatic carbocycles. The summed E-state index contributed by atoms with van der Waals surface area (Å²) in [4.78, 5) is 9.02. The second-order valence-corrected chi connectivity index (χ2v) is 31.3. The first-order valence-corrected chi connectivity index (χ1v) is 39.8. The Bertz CT molecular complexity index is 5910. The molecule has 0 atom stereocenters. The minimum Gasteiger partial charge on any atom is -0.456 e. The van der Waals surface area contributed by atoms with Crippen LogP contribution in [0.2, 0.25) is 0 Å². The smallest absolute Gasteiger partial charge is 0.456 e. The van der Waals surface area contributed by atoms with Gasteiger partial charge in [-0.25, -0.2) is 9.25 Å². The van der Waals surface area contributed by atoms with Crippen molar-refractivity contribution in [3.05, 3.63) is 361 Å². The van der Waals surface area contributed by atoms with Crippen molar-refractivity contribution in [3.63, 3.8) is 0 Å². The van der Waals surface area contributed by atoms with Crippen LogP contribution in [0.4, 0.5) is 26.3 Å². The lowest BCUT2D eigenvalue weighted by Gasteiger charge is -2.12. The van der Waals surface area contributed by atoms with Crippen LogP contribution in [-0.4, -0.2) is 58.6 Å². The Hall–Kier alpha value is -12.5. The van der Waals surface area contributed by atoms with E-state index < -0.39 is 12.6 Å². The van der Waals surface area contributed by atoms with E-state index in [-0.39, 0.29) is 26.6 Å². The number of nitrogens with zero attached hydrogens (tertiary/aromatic N) is 11. The molecular formula is C96H98F6N12OS2. The van der Waals surface area contributed by atoms with Gasteiger partial charge in [0.15, 0.2) is 0 Å². The molecule has 0 unspecified atom stereocenters. The monoisotopic (exact) mass is 1610 g/mol. The summed E-state index contributed by atoms with van der Waals surface area (Å²) in [6, 6.07) is 89.8. The maximum Gasteiger partial charge on any atom is 0.504 e. The molecule has 0 spiro atoms. The maximum atomic E-state index is 12.0. The van der Waals surface area contributed by atoms with Gasteiger partial charge in [0, 0.05) is 80.5 Å². The average Bonchev–Trinajstić information content (AvgIpc) is 1.64. The number of para-hydroxylation sites is 3. The minimum atomic E-state index is -4.41. The molecule has 602 valence electrons. The normalized spacial score (nSPS) is 10.9.